The van der Waals surface area contributed by atoms with Gasteiger partial charge in [0.05, 0.1) is 0 Å². The normalized spacial score (nSPS) is 14.9. The molecule has 1 amide bonds. The van der Waals surface area contributed by atoms with Gasteiger partial charge in [-0.3, -0.25) is 4.79 Å². The molecule has 0 radical (unpaired) electrons. The lowest BCUT2D eigenvalue weighted by Crippen LogP contribution is -2.30. The zero-order valence-electron chi connectivity index (χ0n) is 12.0. The standard InChI is InChI=1S/C16H24N2O/c1-13-5-6-14(2)15(11-13)12-17-8-7-16(19)18-9-3-4-10-18/h5-6,11,17H,3-4,7-10,12H2,1-2H3. The fourth-order valence-electron chi connectivity index (χ4n) is 2.53. The van der Waals surface area contributed by atoms with Crippen LogP contribution in [-0.4, -0.2) is 30.4 Å². The predicted molar refractivity (Wildman–Crippen MR) is 78.1 cm³/mol. The minimum Gasteiger partial charge on any atom is -0.343 e. The van der Waals surface area contributed by atoms with Crippen molar-refractivity contribution in [3.05, 3.63) is 34.9 Å². The fraction of sp³-hybridized carbons (Fsp3) is 0.562. The number of likely N-dealkylation sites (tertiary alicyclic amines) is 1. The SMILES string of the molecule is Cc1ccc(C)c(CNCCC(=O)N2CCCC2)c1. The summed E-state index contributed by atoms with van der Waals surface area (Å²) < 4.78 is 0. The largest absolute Gasteiger partial charge is 0.343 e. The van der Waals surface area contributed by atoms with Gasteiger partial charge in [0.15, 0.2) is 0 Å². The van der Waals surface area contributed by atoms with Crippen LogP contribution in [0.1, 0.15) is 36.0 Å². The van der Waals surface area contributed by atoms with E-state index in [4.69, 9.17) is 0 Å². The maximum absolute atomic E-state index is 11.9. The lowest BCUT2D eigenvalue weighted by atomic mass is 10.1. The minimum atomic E-state index is 0.297. The quantitative estimate of drug-likeness (QED) is 0.825. The molecular weight excluding hydrogens is 236 g/mol. The van der Waals surface area contributed by atoms with Gasteiger partial charge in [-0.1, -0.05) is 23.8 Å². The van der Waals surface area contributed by atoms with Crippen LogP contribution < -0.4 is 5.32 Å². The molecule has 1 heterocycles. The van der Waals surface area contributed by atoms with Crippen LogP contribution in [0, 0.1) is 13.8 Å². The fourth-order valence-corrected chi connectivity index (χ4v) is 2.53. The van der Waals surface area contributed by atoms with Crippen molar-refractivity contribution in [2.75, 3.05) is 19.6 Å². The average Bonchev–Trinajstić information content (AvgIpc) is 2.92. The van der Waals surface area contributed by atoms with Crippen LogP contribution >= 0.6 is 0 Å². The molecule has 1 fully saturated rings. The molecule has 3 nitrogen and oxygen atoms in total. The molecule has 1 aliphatic rings. The van der Waals surface area contributed by atoms with Gasteiger partial charge in [0.25, 0.3) is 0 Å². The van der Waals surface area contributed by atoms with Gasteiger partial charge in [-0.05, 0) is 37.8 Å². The molecule has 19 heavy (non-hydrogen) atoms. The zero-order valence-corrected chi connectivity index (χ0v) is 12.0. The van der Waals surface area contributed by atoms with Crippen molar-refractivity contribution in [1.82, 2.24) is 10.2 Å². The van der Waals surface area contributed by atoms with Crippen LogP contribution in [-0.2, 0) is 11.3 Å². The number of nitrogens with zero attached hydrogens (tertiary/aromatic N) is 1. The summed E-state index contributed by atoms with van der Waals surface area (Å²) in [5.74, 6) is 0.297. The first-order chi connectivity index (χ1) is 9.16. The molecule has 1 aromatic carbocycles. The molecule has 1 saturated heterocycles. The number of hydrogen-bond acceptors (Lipinski definition) is 2. The van der Waals surface area contributed by atoms with Crippen molar-refractivity contribution in [1.29, 1.82) is 0 Å². The van der Waals surface area contributed by atoms with Crippen molar-refractivity contribution in [3.63, 3.8) is 0 Å². The molecule has 0 saturated carbocycles. The summed E-state index contributed by atoms with van der Waals surface area (Å²) >= 11 is 0. The Labute approximate surface area is 116 Å². The highest BCUT2D eigenvalue weighted by Gasteiger charge is 2.16. The van der Waals surface area contributed by atoms with Crippen LogP contribution in [0.15, 0.2) is 18.2 Å². The van der Waals surface area contributed by atoms with Gasteiger partial charge in [0.2, 0.25) is 5.91 Å². The maximum atomic E-state index is 11.9. The molecular formula is C16H24N2O. The van der Waals surface area contributed by atoms with E-state index in [-0.39, 0.29) is 0 Å². The molecule has 1 N–H and O–H groups in total. The molecule has 0 unspecified atom stereocenters. The second-order valence-corrected chi connectivity index (χ2v) is 5.44. The van der Waals surface area contributed by atoms with Crippen LogP contribution in [0.2, 0.25) is 0 Å². The summed E-state index contributed by atoms with van der Waals surface area (Å²) in [5.41, 5.74) is 3.92. The van der Waals surface area contributed by atoms with Crippen molar-refractivity contribution >= 4 is 5.91 Å². The molecule has 3 heteroatoms. The van der Waals surface area contributed by atoms with E-state index in [9.17, 15) is 4.79 Å². The van der Waals surface area contributed by atoms with Crippen molar-refractivity contribution in [3.8, 4) is 0 Å². The number of carbonyl (C=O) groups excluding carboxylic acids is 1. The molecule has 2 rings (SSSR count). The number of rotatable bonds is 5. The summed E-state index contributed by atoms with van der Waals surface area (Å²) in [6, 6.07) is 6.50. The Morgan fingerprint density at radius 2 is 2.00 bits per heavy atom. The number of amides is 1. The molecule has 0 atom stereocenters. The Hall–Kier alpha value is -1.35. The average molecular weight is 260 g/mol. The molecule has 0 aliphatic carbocycles. The van der Waals surface area contributed by atoms with Gasteiger partial charge in [0, 0.05) is 32.6 Å². The Balaban J connectivity index is 1.71. The summed E-state index contributed by atoms with van der Waals surface area (Å²) in [7, 11) is 0. The van der Waals surface area contributed by atoms with Crippen molar-refractivity contribution in [2.24, 2.45) is 0 Å². The van der Waals surface area contributed by atoms with Crippen molar-refractivity contribution < 1.29 is 4.79 Å². The second-order valence-electron chi connectivity index (χ2n) is 5.44. The van der Waals surface area contributed by atoms with E-state index < -0.39 is 0 Å². The lowest BCUT2D eigenvalue weighted by molar-refractivity contribution is -0.130. The third-order valence-electron chi connectivity index (χ3n) is 3.79. The topological polar surface area (TPSA) is 32.3 Å². The van der Waals surface area contributed by atoms with Gasteiger partial charge in [-0.2, -0.15) is 0 Å². The van der Waals surface area contributed by atoms with Gasteiger partial charge < -0.3 is 10.2 Å². The van der Waals surface area contributed by atoms with E-state index in [2.05, 4.69) is 37.4 Å². The highest BCUT2D eigenvalue weighted by molar-refractivity contribution is 5.76. The molecule has 1 aromatic rings. The van der Waals surface area contributed by atoms with Gasteiger partial charge >= 0.3 is 0 Å². The highest BCUT2D eigenvalue weighted by atomic mass is 16.2. The Morgan fingerprint density at radius 1 is 1.26 bits per heavy atom. The molecule has 0 spiro atoms. The van der Waals surface area contributed by atoms with E-state index in [1.165, 1.54) is 29.5 Å². The first kappa shape index (κ1) is 14.1. The van der Waals surface area contributed by atoms with Gasteiger partial charge in [-0.15, -0.1) is 0 Å². The minimum absolute atomic E-state index is 0.297. The van der Waals surface area contributed by atoms with Crippen LogP contribution in [0.25, 0.3) is 0 Å². The second kappa shape index (κ2) is 6.71. The summed E-state index contributed by atoms with van der Waals surface area (Å²) in [5, 5.41) is 3.38. The highest BCUT2D eigenvalue weighted by Crippen LogP contribution is 2.11. The van der Waals surface area contributed by atoms with E-state index in [1.54, 1.807) is 0 Å². The molecule has 0 bridgehead atoms. The number of nitrogens with one attached hydrogen (secondary N) is 1. The van der Waals surface area contributed by atoms with Crippen molar-refractivity contribution in [2.45, 2.75) is 39.7 Å². The third kappa shape index (κ3) is 4.06. The maximum Gasteiger partial charge on any atom is 0.223 e. The molecule has 104 valence electrons. The number of aryl methyl sites for hydroxylation is 2. The van der Waals surface area contributed by atoms with Crippen LogP contribution in [0.5, 0.6) is 0 Å². The number of carbonyl (C=O) groups is 1. The summed E-state index contributed by atoms with van der Waals surface area (Å²) in [6.07, 6.45) is 2.95. The van der Waals surface area contributed by atoms with Gasteiger partial charge in [-0.25, -0.2) is 0 Å². The van der Waals surface area contributed by atoms with E-state index in [1.807, 2.05) is 4.90 Å². The monoisotopic (exact) mass is 260 g/mol. The van der Waals surface area contributed by atoms with Crippen LogP contribution in [0.4, 0.5) is 0 Å². The number of benzene rings is 1. The third-order valence-corrected chi connectivity index (χ3v) is 3.79. The van der Waals surface area contributed by atoms with E-state index in [0.717, 1.165) is 26.2 Å². The number of hydrogen-bond donors (Lipinski definition) is 1. The lowest BCUT2D eigenvalue weighted by Gasteiger charge is -2.15. The summed E-state index contributed by atoms with van der Waals surface area (Å²) in [4.78, 5) is 13.8. The Kier molecular flexibility index (Phi) is 4.97. The summed E-state index contributed by atoms with van der Waals surface area (Å²) in [6.45, 7) is 7.76. The first-order valence-electron chi connectivity index (χ1n) is 7.21. The van der Waals surface area contributed by atoms with E-state index >= 15 is 0 Å². The predicted octanol–water partition coefficient (Wildman–Crippen LogP) is 2.41. The first-order valence-corrected chi connectivity index (χ1v) is 7.21. The van der Waals surface area contributed by atoms with E-state index in [0.29, 0.717) is 12.3 Å². The molecule has 0 aromatic heterocycles. The Morgan fingerprint density at radius 3 is 2.74 bits per heavy atom. The van der Waals surface area contributed by atoms with Gasteiger partial charge in [0.1, 0.15) is 0 Å². The smallest absolute Gasteiger partial charge is 0.223 e. The zero-order chi connectivity index (χ0) is 13.7. The van der Waals surface area contributed by atoms with Crippen LogP contribution in [0.3, 0.4) is 0 Å². The molecule has 1 aliphatic heterocycles. The Bertz CT molecular complexity index is 436.